The molecule has 0 atom stereocenters. The molecule has 102 valence electrons. The lowest BCUT2D eigenvalue weighted by atomic mass is 10.2. The third-order valence-corrected chi connectivity index (χ3v) is 3.12. The van der Waals surface area contributed by atoms with Crippen molar-refractivity contribution in [1.82, 2.24) is 5.32 Å². The fourth-order valence-electron chi connectivity index (χ4n) is 1.79. The smallest absolute Gasteiger partial charge is 0.271 e. The maximum atomic E-state index is 11.4. The highest BCUT2D eigenvalue weighted by Crippen LogP contribution is 2.28. The number of hydrogen-bond donors (Lipinski definition) is 2. The number of rotatable bonds is 6. The molecule has 0 aromatic heterocycles. The number of nitro groups is 1. The van der Waals surface area contributed by atoms with Crippen LogP contribution in [0.3, 0.4) is 0 Å². The first kappa shape index (κ1) is 13.3. The van der Waals surface area contributed by atoms with Crippen molar-refractivity contribution >= 4 is 17.3 Å². The summed E-state index contributed by atoms with van der Waals surface area (Å²) in [5.74, 6) is 0.317. The number of nitro benzene ring substituents is 1. The van der Waals surface area contributed by atoms with Crippen molar-refractivity contribution in [3.8, 4) is 0 Å². The normalized spacial score (nSPS) is 13.9. The highest BCUT2D eigenvalue weighted by molar-refractivity contribution is 5.80. The lowest BCUT2D eigenvalue weighted by Crippen LogP contribution is -2.29. The number of benzene rings is 1. The van der Waals surface area contributed by atoms with E-state index in [0.29, 0.717) is 13.1 Å². The molecule has 0 spiro atoms. The molecule has 2 rings (SSSR count). The lowest BCUT2D eigenvalue weighted by molar-refractivity contribution is -0.384. The Labute approximate surface area is 111 Å². The Morgan fingerprint density at radius 3 is 2.79 bits per heavy atom. The van der Waals surface area contributed by atoms with E-state index < -0.39 is 4.92 Å². The zero-order chi connectivity index (χ0) is 13.8. The Balaban J connectivity index is 1.82. The molecular weight excluding hydrogens is 246 g/mol. The predicted molar refractivity (Wildman–Crippen MR) is 72.1 cm³/mol. The lowest BCUT2D eigenvalue weighted by Gasteiger charge is -2.10. The van der Waals surface area contributed by atoms with Gasteiger partial charge < -0.3 is 10.6 Å². The van der Waals surface area contributed by atoms with Crippen LogP contribution in [0, 0.1) is 23.0 Å². The van der Waals surface area contributed by atoms with Crippen LogP contribution in [-0.4, -0.2) is 23.9 Å². The third kappa shape index (κ3) is 3.67. The summed E-state index contributed by atoms with van der Waals surface area (Å²) >= 11 is 0. The van der Waals surface area contributed by atoms with Crippen LogP contribution in [0.15, 0.2) is 18.2 Å². The van der Waals surface area contributed by atoms with Gasteiger partial charge in [-0.05, 0) is 25.3 Å². The maximum Gasteiger partial charge on any atom is 0.271 e. The van der Waals surface area contributed by atoms with Crippen molar-refractivity contribution in [2.45, 2.75) is 19.8 Å². The molecule has 0 radical (unpaired) electrons. The third-order valence-electron chi connectivity index (χ3n) is 3.12. The molecule has 1 aliphatic carbocycles. The monoisotopic (exact) mass is 263 g/mol. The van der Waals surface area contributed by atoms with Crippen LogP contribution in [0.2, 0.25) is 0 Å². The van der Waals surface area contributed by atoms with Gasteiger partial charge in [-0.2, -0.15) is 0 Å². The van der Waals surface area contributed by atoms with E-state index in [9.17, 15) is 14.9 Å². The van der Waals surface area contributed by atoms with Gasteiger partial charge in [0.25, 0.3) is 5.69 Å². The minimum Gasteiger partial charge on any atom is -0.383 e. The second-order valence-electron chi connectivity index (χ2n) is 4.75. The van der Waals surface area contributed by atoms with E-state index in [1.54, 1.807) is 6.07 Å². The number of amides is 1. The van der Waals surface area contributed by atoms with Crippen LogP contribution in [0.25, 0.3) is 0 Å². The van der Waals surface area contributed by atoms with E-state index in [4.69, 9.17) is 0 Å². The van der Waals surface area contributed by atoms with Crippen molar-refractivity contribution in [1.29, 1.82) is 0 Å². The first-order valence-corrected chi connectivity index (χ1v) is 6.34. The molecule has 0 aliphatic heterocycles. The summed E-state index contributed by atoms with van der Waals surface area (Å²) in [6.07, 6.45) is 1.98. The molecule has 0 bridgehead atoms. The summed E-state index contributed by atoms with van der Waals surface area (Å²) in [5, 5.41) is 16.6. The number of carbonyl (C=O) groups excluding carboxylic acids is 1. The number of non-ortho nitro benzene ring substituents is 1. The van der Waals surface area contributed by atoms with Crippen LogP contribution in [0.1, 0.15) is 18.4 Å². The fraction of sp³-hybridized carbons (Fsp3) is 0.462. The number of nitrogens with one attached hydrogen (secondary N) is 2. The Bertz CT molecular complexity index is 498. The Kier molecular flexibility index (Phi) is 3.99. The molecule has 6 heteroatoms. The summed E-state index contributed by atoms with van der Waals surface area (Å²) in [6.45, 7) is 2.97. The molecule has 2 N–H and O–H groups in total. The average Bonchev–Trinajstić information content (AvgIpc) is 3.20. The van der Waals surface area contributed by atoms with E-state index >= 15 is 0 Å². The number of carbonyl (C=O) groups is 1. The zero-order valence-corrected chi connectivity index (χ0v) is 10.8. The fourth-order valence-corrected chi connectivity index (χ4v) is 1.79. The van der Waals surface area contributed by atoms with Gasteiger partial charge >= 0.3 is 0 Å². The molecule has 1 fully saturated rings. The molecular formula is C13H17N3O3. The Morgan fingerprint density at radius 2 is 2.16 bits per heavy atom. The summed E-state index contributed by atoms with van der Waals surface area (Å²) in [4.78, 5) is 21.7. The highest BCUT2D eigenvalue weighted by Gasteiger charge is 2.28. The SMILES string of the molecule is Cc1ccc([N+](=O)[O-])cc1NCCNC(=O)C1CC1. The molecule has 1 aliphatic rings. The van der Waals surface area contributed by atoms with Crippen molar-refractivity contribution in [3.63, 3.8) is 0 Å². The van der Waals surface area contributed by atoms with Gasteiger partial charge in [0, 0.05) is 36.8 Å². The van der Waals surface area contributed by atoms with Gasteiger partial charge in [-0.25, -0.2) is 0 Å². The summed E-state index contributed by atoms with van der Waals surface area (Å²) in [7, 11) is 0. The molecule has 0 heterocycles. The van der Waals surface area contributed by atoms with Crippen LogP contribution in [0.5, 0.6) is 0 Å². The second kappa shape index (κ2) is 5.69. The second-order valence-corrected chi connectivity index (χ2v) is 4.75. The first-order chi connectivity index (χ1) is 9.08. The number of aryl methyl sites for hydroxylation is 1. The van der Waals surface area contributed by atoms with Crippen LogP contribution in [0.4, 0.5) is 11.4 Å². The van der Waals surface area contributed by atoms with Crippen molar-refractivity contribution in [2.75, 3.05) is 18.4 Å². The van der Waals surface area contributed by atoms with E-state index in [1.165, 1.54) is 12.1 Å². The summed E-state index contributed by atoms with van der Waals surface area (Å²) in [5.41, 5.74) is 1.74. The zero-order valence-electron chi connectivity index (χ0n) is 10.8. The van der Waals surface area contributed by atoms with E-state index in [0.717, 1.165) is 24.1 Å². The number of anilines is 1. The molecule has 0 unspecified atom stereocenters. The van der Waals surface area contributed by atoms with Gasteiger partial charge in [-0.3, -0.25) is 14.9 Å². The van der Waals surface area contributed by atoms with E-state index in [-0.39, 0.29) is 17.5 Å². The summed E-state index contributed by atoms with van der Waals surface area (Å²) < 4.78 is 0. The first-order valence-electron chi connectivity index (χ1n) is 6.34. The predicted octanol–water partition coefficient (Wildman–Crippen LogP) is 1.84. The van der Waals surface area contributed by atoms with Gasteiger partial charge in [0.2, 0.25) is 5.91 Å². The summed E-state index contributed by atoms with van der Waals surface area (Å²) in [6, 6.07) is 4.71. The van der Waals surface area contributed by atoms with Crippen LogP contribution in [-0.2, 0) is 4.79 Å². The van der Waals surface area contributed by atoms with E-state index in [1.807, 2.05) is 6.92 Å². The Hall–Kier alpha value is -2.11. The minimum atomic E-state index is -0.417. The molecule has 6 nitrogen and oxygen atoms in total. The van der Waals surface area contributed by atoms with Gasteiger partial charge in [0.15, 0.2) is 0 Å². The molecule has 1 aromatic rings. The maximum absolute atomic E-state index is 11.4. The largest absolute Gasteiger partial charge is 0.383 e. The van der Waals surface area contributed by atoms with Crippen molar-refractivity contribution in [3.05, 3.63) is 33.9 Å². The van der Waals surface area contributed by atoms with Gasteiger partial charge in [-0.15, -0.1) is 0 Å². The highest BCUT2D eigenvalue weighted by atomic mass is 16.6. The minimum absolute atomic E-state index is 0.0649. The average molecular weight is 263 g/mol. The Morgan fingerprint density at radius 1 is 1.42 bits per heavy atom. The standard InChI is InChI=1S/C13H17N3O3/c1-9-2-5-11(16(18)19)8-12(9)14-6-7-15-13(17)10-3-4-10/h2,5,8,10,14H,3-4,6-7H2,1H3,(H,15,17). The quantitative estimate of drug-likeness (QED) is 0.466. The van der Waals surface area contributed by atoms with E-state index in [2.05, 4.69) is 10.6 Å². The van der Waals surface area contributed by atoms with Gasteiger partial charge in [-0.1, -0.05) is 6.07 Å². The van der Waals surface area contributed by atoms with Crippen molar-refractivity contribution in [2.24, 2.45) is 5.92 Å². The molecule has 1 amide bonds. The van der Waals surface area contributed by atoms with Gasteiger partial charge in [0.05, 0.1) is 4.92 Å². The van der Waals surface area contributed by atoms with Crippen molar-refractivity contribution < 1.29 is 9.72 Å². The molecule has 1 aromatic carbocycles. The molecule has 0 saturated heterocycles. The number of hydrogen-bond acceptors (Lipinski definition) is 4. The van der Waals surface area contributed by atoms with Gasteiger partial charge in [0.1, 0.15) is 0 Å². The van der Waals surface area contributed by atoms with Crippen LogP contribution >= 0.6 is 0 Å². The molecule has 1 saturated carbocycles. The number of nitrogens with zero attached hydrogens (tertiary/aromatic N) is 1. The molecule has 19 heavy (non-hydrogen) atoms. The van der Waals surface area contributed by atoms with Crippen LogP contribution < -0.4 is 10.6 Å². The topological polar surface area (TPSA) is 84.3 Å².